The van der Waals surface area contributed by atoms with E-state index in [4.69, 9.17) is 5.73 Å². The zero-order chi connectivity index (χ0) is 15.9. The van der Waals surface area contributed by atoms with Crippen LogP contribution in [-0.4, -0.2) is 20.1 Å². The average molecular weight is 305 g/mol. The lowest BCUT2D eigenvalue weighted by atomic mass is 10.1. The van der Waals surface area contributed by atoms with Crippen molar-refractivity contribution in [1.29, 1.82) is 0 Å². The smallest absolute Gasteiger partial charge is 0.240 e. The van der Waals surface area contributed by atoms with Crippen molar-refractivity contribution in [3.8, 4) is 0 Å². The van der Waals surface area contributed by atoms with Crippen molar-refractivity contribution < 1.29 is 0 Å². The standard InChI is InChI=1S/C18H19N5/c19-18-20-11-17(21-22-18)14-23(12-15-7-3-1-4-8-15)13-16-9-5-2-6-10-16/h1-11H,12-14H2,(H2,19,20,22). The van der Waals surface area contributed by atoms with E-state index in [1.165, 1.54) is 11.1 Å². The maximum atomic E-state index is 5.51. The summed E-state index contributed by atoms with van der Waals surface area (Å²) in [4.78, 5) is 6.34. The molecule has 2 aromatic carbocycles. The summed E-state index contributed by atoms with van der Waals surface area (Å²) in [5.74, 6) is 0.200. The van der Waals surface area contributed by atoms with E-state index in [2.05, 4.69) is 68.6 Å². The number of benzene rings is 2. The molecule has 5 heteroatoms. The third kappa shape index (κ3) is 4.59. The van der Waals surface area contributed by atoms with Crippen molar-refractivity contribution in [3.63, 3.8) is 0 Å². The molecule has 116 valence electrons. The Morgan fingerprint density at radius 1 is 0.739 bits per heavy atom. The van der Waals surface area contributed by atoms with Crippen LogP contribution in [0.5, 0.6) is 0 Å². The van der Waals surface area contributed by atoms with Crippen molar-refractivity contribution in [2.24, 2.45) is 0 Å². The normalized spacial score (nSPS) is 10.8. The molecule has 5 nitrogen and oxygen atoms in total. The van der Waals surface area contributed by atoms with E-state index in [1.807, 2.05) is 12.1 Å². The number of anilines is 1. The Hall–Kier alpha value is -2.79. The second kappa shape index (κ2) is 7.47. The number of hydrogen-bond donors (Lipinski definition) is 1. The Balaban J connectivity index is 1.76. The SMILES string of the molecule is Nc1ncc(CN(Cc2ccccc2)Cc2ccccc2)nn1. The van der Waals surface area contributed by atoms with Gasteiger partial charge in [0.1, 0.15) is 0 Å². The Kier molecular flexibility index (Phi) is 4.91. The fourth-order valence-corrected chi connectivity index (χ4v) is 2.46. The second-order valence-corrected chi connectivity index (χ2v) is 5.42. The van der Waals surface area contributed by atoms with Gasteiger partial charge in [-0.15, -0.1) is 10.2 Å². The van der Waals surface area contributed by atoms with Crippen molar-refractivity contribution in [3.05, 3.63) is 83.7 Å². The van der Waals surface area contributed by atoms with E-state index in [0.29, 0.717) is 6.54 Å². The largest absolute Gasteiger partial charge is 0.366 e. The van der Waals surface area contributed by atoms with Crippen LogP contribution in [0.3, 0.4) is 0 Å². The molecule has 3 aromatic rings. The molecule has 23 heavy (non-hydrogen) atoms. The summed E-state index contributed by atoms with van der Waals surface area (Å²) < 4.78 is 0. The molecular formula is C18H19N5. The van der Waals surface area contributed by atoms with Gasteiger partial charge in [0, 0.05) is 19.6 Å². The summed E-state index contributed by atoms with van der Waals surface area (Å²) in [6.07, 6.45) is 1.69. The fourth-order valence-electron chi connectivity index (χ4n) is 2.46. The van der Waals surface area contributed by atoms with Crippen LogP contribution in [0.1, 0.15) is 16.8 Å². The molecule has 0 aliphatic carbocycles. The lowest BCUT2D eigenvalue weighted by molar-refractivity contribution is 0.243. The van der Waals surface area contributed by atoms with Crippen LogP contribution in [0.15, 0.2) is 66.9 Å². The molecule has 0 fully saturated rings. The maximum absolute atomic E-state index is 5.51. The molecular weight excluding hydrogens is 286 g/mol. The third-order valence-corrected chi connectivity index (χ3v) is 3.51. The number of nitrogens with two attached hydrogens (primary N) is 1. The first-order chi connectivity index (χ1) is 11.3. The fraction of sp³-hybridized carbons (Fsp3) is 0.167. The summed E-state index contributed by atoms with van der Waals surface area (Å²) in [5.41, 5.74) is 8.84. The Bertz CT molecular complexity index is 672. The summed E-state index contributed by atoms with van der Waals surface area (Å²) in [7, 11) is 0. The van der Waals surface area contributed by atoms with E-state index in [0.717, 1.165) is 18.8 Å². The monoisotopic (exact) mass is 305 g/mol. The van der Waals surface area contributed by atoms with E-state index >= 15 is 0 Å². The van der Waals surface area contributed by atoms with Gasteiger partial charge in [0.2, 0.25) is 5.95 Å². The predicted molar refractivity (Wildman–Crippen MR) is 90.1 cm³/mol. The van der Waals surface area contributed by atoms with Gasteiger partial charge in [-0.2, -0.15) is 0 Å². The molecule has 2 N–H and O–H groups in total. The van der Waals surface area contributed by atoms with Crippen molar-refractivity contribution in [1.82, 2.24) is 20.1 Å². The average Bonchev–Trinajstić information content (AvgIpc) is 2.59. The first-order valence-corrected chi connectivity index (χ1v) is 7.54. The van der Waals surface area contributed by atoms with E-state index < -0.39 is 0 Å². The van der Waals surface area contributed by atoms with Crippen molar-refractivity contribution >= 4 is 5.95 Å². The second-order valence-electron chi connectivity index (χ2n) is 5.42. The quantitative estimate of drug-likeness (QED) is 0.758. The Morgan fingerprint density at radius 3 is 1.78 bits per heavy atom. The van der Waals surface area contributed by atoms with Crippen LogP contribution in [0, 0.1) is 0 Å². The minimum absolute atomic E-state index is 0.200. The lowest BCUT2D eigenvalue weighted by Gasteiger charge is -2.22. The van der Waals surface area contributed by atoms with Gasteiger partial charge in [0.15, 0.2) is 0 Å². The highest BCUT2D eigenvalue weighted by Crippen LogP contribution is 2.12. The highest BCUT2D eigenvalue weighted by Gasteiger charge is 2.10. The molecule has 0 spiro atoms. The van der Waals surface area contributed by atoms with Gasteiger partial charge in [-0.3, -0.25) is 4.90 Å². The topological polar surface area (TPSA) is 67.9 Å². The predicted octanol–water partition coefficient (Wildman–Crippen LogP) is 2.66. The van der Waals surface area contributed by atoms with E-state index in [1.54, 1.807) is 6.20 Å². The van der Waals surface area contributed by atoms with Gasteiger partial charge >= 0.3 is 0 Å². The zero-order valence-corrected chi connectivity index (χ0v) is 12.8. The van der Waals surface area contributed by atoms with E-state index in [-0.39, 0.29) is 5.95 Å². The first-order valence-electron chi connectivity index (χ1n) is 7.54. The van der Waals surface area contributed by atoms with Gasteiger partial charge in [-0.25, -0.2) is 4.98 Å². The van der Waals surface area contributed by atoms with Gasteiger partial charge < -0.3 is 5.73 Å². The molecule has 0 amide bonds. The van der Waals surface area contributed by atoms with Gasteiger partial charge in [-0.05, 0) is 11.1 Å². The molecule has 1 heterocycles. The minimum Gasteiger partial charge on any atom is -0.366 e. The molecule has 0 saturated carbocycles. The lowest BCUT2D eigenvalue weighted by Crippen LogP contribution is -2.23. The summed E-state index contributed by atoms with van der Waals surface area (Å²) in [5, 5.41) is 7.96. The van der Waals surface area contributed by atoms with Crippen LogP contribution in [-0.2, 0) is 19.6 Å². The summed E-state index contributed by atoms with van der Waals surface area (Å²) >= 11 is 0. The van der Waals surface area contributed by atoms with Gasteiger partial charge in [0.25, 0.3) is 0 Å². The van der Waals surface area contributed by atoms with E-state index in [9.17, 15) is 0 Å². The Labute approximate surface area is 135 Å². The highest BCUT2D eigenvalue weighted by atomic mass is 15.2. The van der Waals surface area contributed by atoms with Crippen LogP contribution in [0.25, 0.3) is 0 Å². The van der Waals surface area contributed by atoms with Crippen LogP contribution < -0.4 is 5.73 Å². The van der Waals surface area contributed by atoms with Gasteiger partial charge in [-0.1, -0.05) is 60.7 Å². The third-order valence-electron chi connectivity index (χ3n) is 3.51. The van der Waals surface area contributed by atoms with Crippen LogP contribution in [0.4, 0.5) is 5.95 Å². The van der Waals surface area contributed by atoms with Gasteiger partial charge in [0.05, 0.1) is 11.9 Å². The Morgan fingerprint density at radius 2 is 1.30 bits per heavy atom. The number of rotatable bonds is 6. The molecule has 0 aliphatic rings. The summed E-state index contributed by atoms with van der Waals surface area (Å²) in [6, 6.07) is 20.8. The first kappa shape index (κ1) is 15.1. The van der Waals surface area contributed by atoms with Crippen LogP contribution >= 0.6 is 0 Å². The van der Waals surface area contributed by atoms with Crippen LogP contribution in [0.2, 0.25) is 0 Å². The summed E-state index contributed by atoms with van der Waals surface area (Å²) in [6.45, 7) is 2.34. The molecule has 0 bridgehead atoms. The molecule has 0 radical (unpaired) electrons. The minimum atomic E-state index is 0.200. The number of aromatic nitrogens is 3. The molecule has 0 unspecified atom stereocenters. The molecule has 0 saturated heterocycles. The van der Waals surface area contributed by atoms with Crippen molar-refractivity contribution in [2.75, 3.05) is 5.73 Å². The van der Waals surface area contributed by atoms with Crippen molar-refractivity contribution in [2.45, 2.75) is 19.6 Å². The number of nitrogen functional groups attached to an aromatic ring is 1. The maximum Gasteiger partial charge on any atom is 0.240 e. The zero-order valence-electron chi connectivity index (χ0n) is 12.8. The molecule has 0 atom stereocenters. The molecule has 0 aliphatic heterocycles. The number of hydrogen-bond acceptors (Lipinski definition) is 5. The highest BCUT2D eigenvalue weighted by molar-refractivity contribution is 5.17. The molecule has 3 rings (SSSR count). The number of nitrogens with zero attached hydrogens (tertiary/aromatic N) is 4. The molecule has 1 aromatic heterocycles.